The molecule has 0 spiro atoms. The first-order valence-electron chi connectivity index (χ1n) is 6.52. The van der Waals surface area contributed by atoms with E-state index in [0.717, 1.165) is 25.9 Å². The van der Waals surface area contributed by atoms with Crippen molar-refractivity contribution in [3.05, 3.63) is 29.0 Å². The van der Waals surface area contributed by atoms with Crippen molar-refractivity contribution in [2.75, 3.05) is 18.4 Å². The van der Waals surface area contributed by atoms with Crippen molar-refractivity contribution in [3.63, 3.8) is 0 Å². The predicted molar refractivity (Wildman–Crippen MR) is 74.8 cm³/mol. The van der Waals surface area contributed by atoms with E-state index in [0.29, 0.717) is 22.8 Å². The Morgan fingerprint density at radius 2 is 2.00 bits per heavy atom. The van der Waals surface area contributed by atoms with Crippen LogP contribution in [0.1, 0.15) is 26.7 Å². The summed E-state index contributed by atoms with van der Waals surface area (Å²) in [6, 6.07) is 5.69. The van der Waals surface area contributed by atoms with Gasteiger partial charge < -0.3 is 10.2 Å². The van der Waals surface area contributed by atoms with Crippen LogP contribution in [0.25, 0.3) is 0 Å². The number of nitrogens with one attached hydrogen (secondary N) is 1. The van der Waals surface area contributed by atoms with Crippen LogP contribution in [-0.2, 0) is 0 Å². The number of benzene rings is 1. The highest BCUT2D eigenvalue weighted by Gasteiger charge is 2.21. The fourth-order valence-electron chi connectivity index (χ4n) is 2.40. The maximum absolute atomic E-state index is 13.7. The van der Waals surface area contributed by atoms with Crippen LogP contribution in [0, 0.1) is 5.82 Å². The molecule has 2 rings (SSSR count). The normalized spacial score (nSPS) is 18.3. The minimum Gasteiger partial charge on any atom is -0.379 e. The van der Waals surface area contributed by atoms with Gasteiger partial charge in [0.1, 0.15) is 5.82 Å². The highest BCUT2D eigenvalue weighted by atomic mass is 35.5. The van der Waals surface area contributed by atoms with E-state index in [-0.39, 0.29) is 5.82 Å². The quantitative estimate of drug-likeness (QED) is 0.900. The molecule has 1 aliphatic heterocycles. The highest BCUT2D eigenvalue weighted by molar-refractivity contribution is 6.33. The van der Waals surface area contributed by atoms with Crippen molar-refractivity contribution < 1.29 is 4.39 Å². The van der Waals surface area contributed by atoms with Crippen LogP contribution in [0.15, 0.2) is 18.2 Å². The standard InChI is InChI=1S/C14H20ClFN2/c1-10(2)18-8-6-11(7-9-18)17-14-12(15)4-3-5-13(14)16/h3-5,10-11,17H,6-9H2,1-2H3. The van der Waals surface area contributed by atoms with Crippen molar-refractivity contribution in [1.29, 1.82) is 0 Å². The van der Waals surface area contributed by atoms with Gasteiger partial charge in [0.05, 0.1) is 10.7 Å². The van der Waals surface area contributed by atoms with Crippen molar-refractivity contribution >= 4 is 17.3 Å². The molecule has 1 heterocycles. The second kappa shape index (κ2) is 5.89. The Hall–Kier alpha value is -0.800. The Morgan fingerprint density at radius 1 is 1.33 bits per heavy atom. The van der Waals surface area contributed by atoms with Gasteiger partial charge in [0.2, 0.25) is 0 Å². The van der Waals surface area contributed by atoms with Gasteiger partial charge in [0.25, 0.3) is 0 Å². The van der Waals surface area contributed by atoms with Gasteiger partial charge in [-0.05, 0) is 38.8 Å². The third kappa shape index (κ3) is 3.15. The zero-order chi connectivity index (χ0) is 13.1. The summed E-state index contributed by atoms with van der Waals surface area (Å²) in [7, 11) is 0. The summed E-state index contributed by atoms with van der Waals surface area (Å²) in [4.78, 5) is 2.45. The lowest BCUT2D eigenvalue weighted by atomic mass is 10.0. The fourth-order valence-corrected chi connectivity index (χ4v) is 2.62. The summed E-state index contributed by atoms with van der Waals surface area (Å²) in [5.41, 5.74) is 0.446. The molecule has 4 heteroatoms. The third-order valence-corrected chi connectivity index (χ3v) is 3.89. The summed E-state index contributed by atoms with van der Waals surface area (Å²) in [5, 5.41) is 3.70. The van der Waals surface area contributed by atoms with E-state index in [4.69, 9.17) is 11.6 Å². The number of para-hydroxylation sites is 1. The van der Waals surface area contributed by atoms with Crippen LogP contribution in [-0.4, -0.2) is 30.1 Å². The molecule has 1 aliphatic rings. The molecular formula is C14H20ClFN2. The van der Waals surface area contributed by atoms with Gasteiger partial charge >= 0.3 is 0 Å². The van der Waals surface area contributed by atoms with E-state index in [9.17, 15) is 4.39 Å². The van der Waals surface area contributed by atoms with Gasteiger partial charge in [-0.3, -0.25) is 0 Å². The monoisotopic (exact) mass is 270 g/mol. The van der Waals surface area contributed by atoms with E-state index in [1.807, 2.05) is 0 Å². The molecule has 0 saturated carbocycles. The Morgan fingerprint density at radius 3 is 2.56 bits per heavy atom. The number of anilines is 1. The summed E-state index contributed by atoms with van der Waals surface area (Å²) in [5.74, 6) is -0.270. The lowest BCUT2D eigenvalue weighted by molar-refractivity contribution is 0.177. The average molecular weight is 271 g/mol. The topological polar surface area (TPSA) is 15.3 Å². The molecule has 2 nitrogen and oxygen atoms in total. The molecule has 0 amide bonds. The molecule has 1 aromatic carbocycles. The van der Waals surface area contributed by atoms with Crippen molar-refractivity contribution in [2.24, 2.45) is 0 Å². The smallest absolute Gasteiger partial charge is 0.147 e. The van der Waals surface area contributed by atoms with E-state index in [1.54, 1.807) is 12.1 Å². The minimum atomic E-state index is -0.270. The Balaban J connectivity index is 1.96. The lowest BCUT2D eigenvalue weighted by Crippen LogP contribution is -2.42. The molecular weight excluding hydrogens is 251 g/mol. The van der Waals surface area contributed by atoms with Crippen LogP contribution in [0.5, 0.6) is 0 Å². The number of halogens is 2. The molecule has 0 aromatic heterocycles. The second-order valence-corrected chi connectivity index (χ2v) is 5.55. The van der Waals surface area contributed by atoms with Crippen molar-refractivity contribution in [2.45, 2.75) is 38.8 Å². The number of hydrogen-bond donors (Lipinski definition) is 1. The molecule has 1 aromatic rings. The van der Waals surface area contributed by atoms with Crippen LogP contribution in [0.2, 0.25) is 5.02 Å². The summed E-state index contributed by atoms with van der Waals surface area (Å²) in [6.07, 6.45) is 2.06. The summed E-state index contributed by atoms with van der Waals surface area (Å²) in [6.45, 7) is 6.53. The van der Waals surface area contributed by atoms with Gasteiger partial charge in [-0.1, -0.05) is 17.7 Å². The fraction of sp³-hybridized carbons (Fsp3) is 0.571. The van der Waals surface area contributed by atoms with Crippen LogP contribution in [0.4, 0.5) is 10.1 Å². The van der Waals surface area contributed by atoms with Gasteiger partial charge in [-0.25, -0.2) is 4.39 Å². The van der Waals surface area contributed by atoms with Crippen molar-refractivity contribution in [3.8, 4) is 0 Å². The largest absolute Gasteiger partial charge is 0.379 e. The molecule has 1 N–H and O–H groups in total. The maximum Gasteiger partial charge on any atom is 0.147 e. The number of nitrogens with zero attached hydrogens (tertiary/aromatic N) is 1. The number of piperidine rings is 1. The van der Waals surface area contributed by atoms with Crippen LogP contribution >= 0.6 is 11.6 Å². The summed E-state index contributed by atoms with van der Waals surface area (Å²) >= 11 is 6.01. The third-order valence-electron chi connectivity index (χ3n) is 3.57. The average Bonchev–Trinajstić information content (AvgIpc) is 2.34. The second-order valence-electron chi connectivity index (χ2n) is 5.14. The van der Waals surface area contributed by atoms with E-state index in [2.05, 4.69) is 24.1 Å². The summed E-state index contributed by atoms with van der Waals surface area (Å²) < 4.78 is 13.7. The molecule has 0 bridgehead atoms. The van der Waals surface area contributed by atoms with E-state index in [1.165, 1.54) is 6.07 Å². The zero-order valence-corrected chi connectivity index (χ0v) is 11.7. The SMILES string of the molecule is CC(C)N1CCC(Nc2c(F)cccc2Cl)CC1. The van der Waals surface area contributed by atoms with Crippen LogP contribution < -0.4 is 5.32 Å². The first-order chi connectivity index (χ1) is 8.58. The molecule has 100 valence electrons. The Bertz CT molecular complexity index is 381. The maximum atomic E-state index is 13.7. The zero-order valence-electron chi connectivity index (χ0n) is 10.9. The molecule has 0 radical (unpaired) electrons. The first-order valence-corrected chi connectivity index (χ1v) is 6.90. The number of rotatable bonds is 3. The minimum absolute atomic E-state index is 0.270. The number of likely N-dealkylation sites (tertiary alicyclic amines) is 1. The van der Waals surface area contributed by atoms with Crippen molar-refractivity contribution in [1.82, 2.24) is 4.90 Å². The number of hydrogen-bond acceptors (Lipinski definition) is 2. The van der Waals surface area contributed by atoms with Gasteiger partial charge in [0.15, 0.2) is 0 Å². The molecule has 0 unspecified atom stereocenters. The van der Waals surface area contributed by atoms with Crippen LogP contribution in [0.3, 0.4) is 0 Å². The molecule has 0 aliphatic carbocycles. The Kier molecular flexibility index (Phi) is 4.46. The molecule has 1 fully saturated rings. The first kappa shape index (κ1) is 13.6. The predicted octanol–water partition coefficient (Wildman–Crippen LogP) is 3.76. The molecule has 1 saturated heterocycles. The molecule has 18 heavy (non-hydrogen) atoms. The molecule has 0 atom stereocenters. The van der Waals surface area contributed by atoms with Gasteiger partial charge in [0, 0.05) is 25.2 Å². The lowest BCUT2D eigenvalue weighted by Gasteiger charge is -2.35. The van der Waals surface area contributed by atoms with Gasteiger partial charge in [-0.2, -0.15) is 0 Å². The Labute approximate surface area is 113 Å². The van der Waals surface area contributed by atoms with E-state index < -0.39 is 0 Å². The van der Waals surface area contributed by atoms with E-state index >= 15 is 0 Å². The van der Waals surface area contributed by atoms with Gasteiger partial charge in [-0.15, -0.1) is 0 Å². The highest BCUT2D eigenvalue weighted by Crippen LogP contribution is 2.27.